The lowest BCUT2D eigenvalue weighted by Crippen LogP contribution is -2.46. The maximum Gasteiger partial charge on any atom is 0.246 e. The quantitative estimate of drug-likeness (QED) is 0.393. The van der Waals surface area contributed by atoms with E-state index in [0.717, 1.165) is 37.3 Å². The van der Waals surface area contributed by atoms with Crippen molar-refractivity contribution in [1.29, 1.82) is 0 Å². The molecule has 27 heavy (non-hydrogen) atoms. The van der Waals surface area contributed by atoms with Crippen molar-refractivity contribution in [2.45, 2.75) is 26.3 Å². The third kappa shape index (κ3) is 5.92. The minimum absolute atomic E-state index is 0. The largest absolute Gasteiger partial charge is 0.357 e. The lowest BCUT2D eigenvalue weighted by Gasteiger charge is -2.29. The van der Waals surface area contributed by atoms with E-state index in [1.165, 1.54) is 5.56 Å². The Morgan fingerprint density at radius 3 is 2.78 bits per heavy atom. The summed E-state index contributed by atoms with van der Waals surface area (Å²) < 4.78 is 0. The van der Waals surface area contributed by atoms with Gasteiger partial charge in [-0.3, -0.25) is 9.78 Å². The summed E-state index contributed by atoms with van der Waals surface area (Å²) in [5.74, 6) is 0.678. The summed E-state index contributed by atoms with van der Waals surface area (Å²) in [4.78, 5) is 23.4. The van der Waals surface area contributed by atoms with E-state index in [0.29, 0.717) is 12.5 Å². The van der Waals surface area contributed by atoms with Gasteiger partial charge in [0.25, 0.3) is 0 Å². The molecular weight excluding hydrogens is 453 g/mol. The molecule has 0 fully saturated rings. The van der Waals surface area contributed by atoms with Gasteiger partial charge in [-0.25, -0.2) is 4.99 Å². The molecule has 2 heterocycles. The van der Waals surface area contributed by atoms with Gasteiger partial charge in [-0.2, -0.15) is 0 Å². The Balaban J connectivity index is 0.00000261. The number of guanidine groups is 1. The van der Waals surface area contributed by atoms with Crippen molar-refractivity contribution < 1.29 is 4.79 Å². The fourth-order valence-corrected chi connectivity index (χ4v) is 3.04. The van der Waals surface area contributed by atoms with Crippen LogP contribution in [-0.4, -0.2) is 36.5 Å². The molecule has 0 spiro atoms. The molecule has 0 saturated heterocycles. The maximum atomic E-state index is 12.7. The number of anilines is 1. The number of nitrogens with one attached hydrogen (secondary N) is 2. The normalized spacial score (nSPS) is 13.4. The summed E-state index contributed by atoms with van der Waals surface area (Å²) in [5.41, 5.74) is 3.16. The first-order chi connectivity index (χ1) is 12.8. The number of benzene rings is 1. The molecule has 2 aromatic rings. The molecule has 0 unspecified atom stereocenters. The Bertz CT molecular complexity index is 766. The highest BCUT2D eigenvalue weighted by Crippen LogP contribution is 2.26. The Hall–Kier alpha value is -2.16. The number of pyridine rings is 1. The van der Waals surface area contributed by atoms with Gasteiger partial charge in [-0.1, -0.05) is 24.3 Å². The number of fused-ring (bicyclic) bond motifs is 1. The second kappa shape index (κ2) is 10.9. The van der Waals surface area contributed by atoms with Gasteiger partial charge in [0.1, 0.15) is 0 Å². The number of halogens is 1. The van der Waals surface area contributed by atoms with E-state index < -0.39 is 0 Å². The van der Waals surface area contributed by atoms with Crippen molar-refractivity contribution in [3.8, 4) is 0 Å². The van der Waals surface area contributed by atoms with Crippen LogP contribution >= 0.6 is 24.0 Å². The molecule has 2 N–H and O–H groups in total. The fourth-order valence-electron chi connectivity index (χ4n) is 3.04. The molecule has 144 valence electrons. The van der Waals surface area contributed by atoms with Crippen LogP contribution in [0.25, 0.3) is 0 Å². The third-order valence-electron chi connectivity index (χ3n) is 4.29. The first kappa shape index (κ1) is 21.1. The van der Waals surface area contributed by atoms with Crippen LogP contribution in [0.2, 0.25) is 0 Å². The van der Waals surface area contributed by atoms with Gasteiger partial charge < -0.3 is 15.5 Å². The average Bonchev–Trinajstić information content (AvgIpc) is 2.70. The van der Waals surface area contributed by atoms with Crippen LogP contribution in [0.3, 0.4) is 0 Å². The van der Waals surface area contributed by atoms with Gasteiger partial charge in [-0.15, -0.1) is 24.0 Å². The molecule has 0 saturated carbocycles. The molecule has 0 radical (unpaired) electrons. The molecule has 6 nitrogen and oxygen atoms in total. The van der Waals surface area contributed by atoms with Crippen molar-refractivity contribution in [2.24, 2.45) is 4.99 Å². The number of carbonyl (C=O) groups is 1. The number of aryl methyl sites for hydroxylation is 1. The van der Waals surface area contributed by atoms with Crippen LogP contribution in [-0.2, 0) is 17.8 Å². The Morgan fingerprint density at radius 2 is 2.00 bits per heavy atom. The molecule has 1 aliphatic rings. The lowest BCUT2D eigenvalue weighted by atomic mass is 10.0. The third-order valence-corrected chi connectivity index (χ3v) is 4.29. The van der Waals surface area contributed by atoms with E-state index >= 15 is 0 Å². The first-order valence-electron chi connectivity index (χ1n) is 9.08. The van der Waals surface area contributed by atoms with Crippen molar-refractivity contribution in [3.63, 3.8) is 0 Å². The second-order valence-corrected chi connectivity index (χ2v) is 6.15. The molecule has 0 aliphatic carbocycles. The molecular formula is C20H26IN5O. The smallest absolute Gasteiger partial charge is 0.246 e. The Kier molecular flexibility index (Phi) is 8.50. The highest BCUT2D eigenvalue weighted by molar-refractivity contribution is 14.0. The maximum absolute atomic E-state index is 12.7. The minimum atomic E-state index is 0. The Labute approximate surface area is 177 Å². The summed E-state index contributed by atoms with van der Waals surface area (Å²) in [6, 6.07) is 13.9. The molecule has 1 aromatic heterocycles. The van der Waals surface area contributed by atoms with Gasteiger partial charge in [0.05, 0.1) is 18.8 Å². The first-order valence-corrected chi connectivity index (χ1v) is 9.08. The van der Waals surface area contributed by atoms with E-state index in [4.69, 9.17) is 0 Å². The van der Waals surface area contributed by atoms with Crippen molar-refractivity contribution in [2.75, 3.05) is 24.5 Å². The molecule has 3 rings (SSSR count). The summed E-state index contributed by atoms with van der Waals surface area (Å²) in [5, 5.41) is 6.31. The molecule has 7 heteroatoms. The molecule has 0 atom stereocenters. The summed E-state index contributed by atoms with van der Waals surface area (Å²) >= 11 is 0. The van der Waals surface area contributed by atoms with Gasteiger partial charge in [0.15, 0.2) is 5.96 Å². The van der Waals surface area contributed by atoms with Gasteiger partial charge in [-0.05, 0) is 43.5 Å². The number of aliphatic imine (C=N–C) groups is 1. The highest BCUT2D eigenvalue weighted by atomic mass is 127. The van der Waals surface area contributed by atoms with Crippen LogP contribution < -0.4 is 15.5 Å². The number of amides is 1. The van der Waals surface area contributed by atoms with E-state index in [2.05, 4.69) is 26.7 Å². The number of aromatic nitrogens is 1. The zero-order valence-electron chi connectivity index (χ0n) is 15.5. The van der Waals surface area contributed by atoms with Gasteiger partial charge in [0, 0.05) is 25.0 Å². The highest BCUT2D eigenvalue weighted by Gasteiger charge is 2.21. The molecule has 1 aliphatic heterocycles. The van der Waals surface area contributed by atoms with Crippen LogP contribution in [0.1, 0.15) is 24.6 Å². The van der Waals surface area contributed by atoms with E-state index in [-0.39, 0.29) is 36.4 Å². The standard InChI is InChI=1S/C20H25N5O.HI/c1-2-21-20(23-14-17-10-5-6-12-22-17)24-15-19(26)25-13-7-9-16-8-3-4-11-18(16)25;/h3-6,8,10-12H,2,7,9,13-15H2,1H3,(H2,21,23,24);1H. The Morgan fingerprint density at radius 1 is 1.19 bits per heavy atom. The van der Waals surface area contributed by atoms with Gasteiger partial charge in [0.2, 0.25) is 5.91 Å². The zero-order valence-corrected chi connectivity index (χ0v) is 17.8. The summed E-state index contributed by atoms with van der Waals surface area (Å²) in [6.45, 7) is 4.17. The van der Waals surface area contributed by atoms with Crippen LogP contribution in [0, 0.1) is 0 Å². The number of hydrogen-bond donors (Lipinski definition) is 2. The lowest BCUT2D eigenvalue weighted by molar-refractivity contribution is -0.117. The average molecular weight is 479 g/mol. The zero-order chi connectivity index (χ0) is 18.2. The predicted octanol–water partition coefficient (Wildman–Crippen LogP) is 2.73. The SMILES string of the molecule is CCNC(=NCc1ccccn1)NCC(=O)N1CCCc2ccccc21.I. The summed E-state index contributed by atoms with van der Waals surface area (Å²) in [7, 11) is 0. The van der Waals surface area contributed by atoms with Crippen molar-refractivity contribution in [1.82, 2.24) is 15.6 Å². The van der Waals surface area contributed by atoms with Gasteiger partial charge >= 0.3 is 0 Å². The number of rotatable bonds is 5. The number of carbonyl (C=O) groups excluding carboxylic acids is 1. The predicted molar refractivity (Wildman–Crippen MR) is 120 cm³/mol. The molecule has 1 aromatic carbocycles. The van der Waals surface area contributed by atoms with E-state index in [1.54, 1.807) is 6.20 Å². The van der Waals surface area contributed by atoms with E-state index in [9.17, 15) is 4.79 Å². The van der Waals surface area contributed by atoms with Crippen molar-refractivity contribution in [3.05, 3.63) is 59.9 Å². The monoisotopic (exact) mass is 479 g/mol. The summed E-state index contributed by atoms with van der Waals surface area (Å²) in [6.07, 6.45) is 3.78. The van der Waals surface area contributed by atoms with E-state index in [1.807, 2.05) is 48.2 Å². The minimum Gasteiger partial charge on any atom is -0.357 e. The van der Waals surface area contributed by atoms with Crippen LogP contribution in [0.15, 0.2) is 53.7 Å². The van der Waals surface area contributed by atoms with Crippen LogP contribution in [0.4, 0.5) is 5.69 Å². The topological polar surface area (TPSA) is 69.6 Å². The van der Waals surface area contributed by atoms with Crippen LogP contribution in [0.5, 0.6) is 0 Å². The number of hydrogen-bond acceptors (Lipinski definition) is 3. The number of nitrogens with zero attached hydrogens (tertiary/aromatic N) is 3. The fraction of sp³-hybridized carbons (Fsp3) is 0.350. The molecule has 1 amide bonds. The number of para-hydroxylation sites is 1. The second-order valence-electron chi connectivity index (χ2n) is 6.15. The van der Waals surface area contributed by atoms with Crippen molar-refractivity contribution >= 4 is 41.5 Å². The molecule has 0 bridgehead atoms.